The molecule has 0 radical (unpaired) electrons. The molecule has 0 saturated carbocycles. The maximum absolute atomic E-state index is 12.7. The van der Waals surface area contributed by atoms with E-state index in [0.29, 0.717) is 5.56 Å². The maximum Gasteiger partial charge on any atom is 0.275 e. The van der Waals surface area contributed by atoms with Crippen LogP contribution in [0, 0.1) is 0 Å². The third kappa shape index (κ3) is 3.54. The summed E-state index contributed by atoms with van der Waals surface area (Å²) in [7, 11) is 1.87. The highest BCUT2D eigenvalue weighted by atomic mass is 16.2. The number of H-pyrrole nitrogens is 1. The van der Waals surface area contributed by atoms with E-state index in [1.165, 1.54) is 0 Å². The third-order valence-electron chi connectivity index (χ3n) is 3.88. The van der Waals surface area contributed by atoms with Crippen molar-refractivity contribution in [2.24, 2.45) is 0 Å². The normalized spacial score (nSPS) is 14.0. The molecule has 0 aliphatic carbocycles. The Morgan fingerprint density at radius 2 is 1.91 bits per heavy atom. The van der Waals surface area contributed by atoms with Gasteiger partial charge in [0.25, 0.3) is 5.91 Å². The van der Waals surface area contributed by atoms with Gasteiger partial charge in [-0.15, -0.1) is 0 Å². The van der Waals surface area contributed by atoms with Crippen LogP contribution in [0.2, 0.25) is 0 Å². The molecule has 0 saturated heterocycles. The number of carbonyl (C=O) groups is 2. The number of amides is 1. The van der Waals surface area contributed by atoms with Crippen molar-refractivity contribution in [1.82, 2.24) is 10.3 Å². The van der Waals surface area contributed by atoms with E-state index < -0.39 is 0 Å². The fourth-order valence-electron chi connectivity index (χ4n) is 2.51. The first-order valence-electron chi connectivity index (χ1n) is 7.62. The summed E-state index contributed by atoms with van der Waals surface area (Å²) in [6, 6.07) is 7.57. The average Bonchev–Trinajstić information content (AvgIpc) is 2.88. The fourth-order valence-corrected chi connectivity index (χ4v) is 2.51. The van der Waals surface area contributed by atoms with E-state index in [9.17, 15) is 9.59 Å². The van der Waals surface area contributed by atoms with Crippen LogP contribution in [0.4, 0.5) is 0 Å². The Morgan fingerprint density at radius 3 is 2.59 bits per heavy atom. The van der Waals surface area contributed by atoms with Crippen LogP contribution in [0.25, 0.3) is 10.9 Å². The number of aromatic amines is 1. The number of aromatic nitrogens is 1. The van der Waals surface area contributed by atoms with Gasteiger partial charge < -0.3 is 15.2 Å². The molecule has 1 aromatic carbocycles. The highest BCUT2D eigenvalue weighted by molar-refractivity contribution is 6.09. The van der Waals surface area contributed by atoms with Crippen molar-refractivity contribution in [1.29, 1.82) is 0 Å². The highest BCUT2D eigenvalue weighted by Crippen LogP contribution is 2.18. The van der Waals surface area contributed by atoms with Crippen LogP contribution in [-0.2, 0) is 4.79 Å². The molecule has 2 rings (SSSR count). The number of carbonyl (C=O) groups excluding carboxylic acids is 2. The number of likely N-dealkylation sites (N-methyl/N-ethyl adjacent to an activating group) is 1. The number of benzene rings is 1. The van der Waals surface area contributed by atoms with Crippen LogP contribution in [0.5, 0.6) is 0 Å². The van der Waals surface area contributed by atoms with E-state index in [0.717, 1.165) is 15.8 Å². The Balaban J connectivity index is 2.10. The zero-order valence-corrected chi connectivity index (χ0v) is 13.6. The second kappa shape index (κ2) is 6.75. The molecule has 5 heteroatoms. The van der Waals surface area contributed by atoms with Gasteiger partial charge in [-0.2, -0.15) is 0 Å². The van der Waals surface area contributed by atoms with Gasteiger partial charge in [0, 0.05) is 28.7 Å². The molecule has 22 heavy (non-hydrogen) atoms. The van der Waals surface area contributed by atoms with Gasteiger partial charge in [-0.1, -0.05) is 18.2 Å². The Bertz CT molecular complexity index is 675. The molecule has 0 aliphatic rings. The maximum atomic E-state index is 12.7. The van der Waals surface area contributed by atoms with Crippen LogP contribution in [0.15, 0.2) is 30.5 Å². The van der Waals surface area contributed by atoms with Crippen molar-refractivity contribution >= 4 is 22.6 Å². The highest BCUT2D eigenvalue weighted by Gasteiger charge is 2.26. The molecule has 1 heterocycles. The summed E-state index contributed by atoms with van der Waals surface area (Å²) in [5.41, 5.74) is 1.64. The van der Waals surface area contributed by atoms with Crippen molar-refractivity contribution in [3.05, 3.63) is 36.0 Å². The monoisotopic (exact) mass is 302 g/mol. The molecule has 0 aliphatic heterocycles. The number of hydrogen-bond acceptors (Lipinski definition) is 2. The summed E-state index contributed by atoms with van der Waals surface area (Å²) in [5.74, 6) is 0.0124. The third-order valence-corrected chi connectivity index (χ3v) is 3.88. The second-order valence-electron chi connectivity index (χ2n) is 6.08. The minimum atomic E-state index is -0.280. The molecule has 2 aromatic rings. The van der Waals surface area contributed by atoms with Gasteiger partial charge in [-0.05, 0) is 26.8 Å². The van der Waals surface area contributed by atoms with E-state index >= 15 is 0 Å². The molecule has 2 atom stereocenters. The first kappa shape index (κ1) is 16.2. The topological polar surface area (TPSA) is 66.4 Å². The van der Waals surface area contributed by atoms with Gasteiger partial charge in [0.05, 0.1) is 7.05 Å². The molecule has 5 nitrogen and oxygen atoms in total. The van der Waals surface area contributed by atoms with Gasteiger partial charge in [0.1, 0.15) is 6.04 Å². The quantitative estimate of drug-likeness (QED) is 0.690. The minimum absolute atomic E-state index is 0.0360. The Kier molecular flexibility index (Phi) is 4.98. The molecular formula is C17H24N3O2+. The predicted molar refractivity (Wildman–Crippen MR) is 87.1 cm³/mol. The molecular weight excluding hydrogens is 278 g/mol. The van der Waals surface area contributed by atoms with Crippen LogP contribution in [0.1, 0.15) is 31.1 Å². The van der Waals surface area contributed by atoms with Gasteiger partial charge in [0.15, 0.2) is 6.54 Å². The molecule has 3 N–H and O–H groups in total. The molecule has 1 unspecified atom stereocenters. The molecule has 0 bridgehead atoms. The Hall–Kier alpha value is -2.14. The molecule has 1 amide bonds. The smallest absolute Gasteiger partial charge is 0.275 e. The standard InChI is InChI=1S/C17H23N3O2/c1-11(2)19-16(21)10-20(4)12(3)17(22)14-9-18-15-8-6-5-7-13(14)15/h5-9,11-12,18H,10H2,1-4H3,(H,19,21)/p+1/t12-/m1/s1. The summed E-state index contributed by atoms with van der Waals surface area (Å²) in [6.07, 6.45) is 1.75. The van der Waals surface area contributed by atoms with Crippen LogP contribution < -0.4 is 10.2 Å². The van der Waals surface area contributed by atoms with E-state index in [1.807, 2.05) is 52.1 Å². The number of ketones is 1. The molecule has 1 aromatic heterocycles. The van der Waals surface area contributed by atoms with Crippen LogP contribution in [-0.4, -0.2) is 42.4 Å². The number of hydrogen-bond donors (Lipinski definition) is 3. The molecule has 0 spiro atoms. The Morgan fingerprint density at radius 1 is 1.23 bits per heavy atom. The number of quaternary nitrogens is 1. The number of fused-ring (bicyclic) bond motifs is 1. The minimum Gasteiger partial charge on any atom is -0.360 e. The van der Waals surface area contributed by atoms with Gasteiger partial charge >= 0.3 is 0 Å². The summed E-state index contributed by atoms with van der Waals surface area (Å²) < 4.78 is 0. The number of nitrogens with one attached hydrogen (secondary N) is 3. The zero-order chi connectivity index (χ0) is 16.3. The van der Waals surface area contributed by atoms with E-state index in [4.69, 9.17) is 0 Å². The lowest BCUT2D eigenvalue weighted by Crippen LogP contribution is -3.14. The SMILES string of the molecule is CC(C)NC(=O)C[NH+](C)[C@H](C)C(=O)c1c[nH]c2ccccc12. The van der Waals surface area contributed by atoms with Gasteiger partial charge in [0.2, 0.25) is 5.78 Å². The Labute approximate surface area is 130 Å². The zero-order valence-electron chi connectivity index (χ0n) is 13.6. The van der Waals surface area contributed by atoms with E-state index in [-0.39, 0.29) is 30.3 Å². The van der Waals surface area contributed by atoms with Crippen LogP contribution in [0.3, 0.4) is 0 Å². The average molecular weight is 302 g/mol. The van der Waals surface area contributed by atoms with E-state index in [1.54, 1.807) is 6.20 Å². The summed E-state index contributed by atoms with van der Waals surface area (Å²) in [5, 5.41) is 3.78. The van der Waals surface area contributed by atoms with Crippen LogP contribution >= 0.6 is 0 Å². The number of Topliss-reactive ketones (excluding diaryl/α,β-unsaturated/α-hetero) is 1. The van der Waals surface area contributed by atoms with Crippen molar-refractivity contribution in [2.75, 3.05) is 13.6 Å². The van der Waals surface area contributed by atoms with Gasteiger partial charge in [-0.25, -0.2) is 0 Å². The first-order valence-corrected chi connectivity index (χ1v) is 7.62. The second-order valence-corrected chi connectivity index (χ2v) is 6.08. The summed E-state index contributed by atoms with van der Waals surface area (Å²) in [4.78, 5) is 28.5. The van der Waals surface area contributed by atoms with Crippen molar-refractivity contribution < 1.29 is 14.5 Å². The van der Waals surface area contributed by atoms with Crippen molar-refractivity contribution in [3.63, 3.8) is 0 Å². The largest absolute Gasteiger partial charge is 0.360 e. The van der Waals surface area contributed by atoms with Gasteiger partial charge in [-0.3, -0.25) is 9.59 Å². The summed E-state index contributed by atoms with van der Waals surface area (Å²) >= 11 is 0. The lowest BCUT2D eigenvalue weighted by molar-refractivity contribution is -0.885. The fraction of sp³-hybridized carbons (Fsp3) is 0.412. The number of rotatable bonds is 6. The first-order chi connectivity index (χ1) is 10.4. The lowest BCUT2D eigenvalue weighted by Gasteiger charge is -2.20. The lowest BCUT2D eigenvalue weighted by atomic mass is 10.0. The number of para-hydroxylation sites is 1. The molecule has 0 fully saturated rings. The predicted octanol–water partition coefficient (Wildman–Crippen LogP) is 0.778. The summed E-state index contributed by atoms with van der Waals surface area (Å²) in [6.45, 7) is 6.00. The van der Waals surface area contributed by atoms with Crippen molar-refractivity contribution in [3.8, 4) is 0 Å². The van der Waals surface area contributed by atoms with E-state index in [2.05, 4.69) is 10.3 Å². The van der Waals surface area contributed by atoms with Crippen molar-refractivity contribution in [2.45, 2.75) is 32.9 Å². The molecule has 118 valence electrons.